The molecule has 0 spiro atoms. The molecule has 0 saturated carbocycles. The Morgan fingerprint density at radius 2 is 1.74 bits per heavy atom. The summed E-state index contributed by atoms with van der Waals surface area (Å²) in [4.78, 5) is 0. The second kappa shape index (κ2) is 9.80. The van der Waals surface area contributed by atoms with E-state index < -0.39 is 0 Å². The third-order valence-electron chi connectivity index (χ3n) is 4.66. The van der Waals surface area contributed by atoms with Crippen LogP contribution in [0.3, 0.4) is 0 Å². The zero-order valence-corrected chi connectivity index (χ0v) is 19.2. The average molecular weight is 497 g/mol. The Morgan fingerprint density at radius 1 is 1.03 bits per heavy atom. The zero-order valence-electron chi connectivity index (χ0n) is 16.8. The van der Waals surface area contributed by atoms with Crippen LogP contribution in [0, 0.1) is 4.77 Å². The van der Waals surface area contributed by atoms with Crippen molar-refractivity contribution in [1.29, 1.82) is 0 Å². The number of aromatic nitrogens is 3. The van der Waals surface area contributed by atoms with Crippen molar-refractivity contribution >= 4 is 28.1 Å². The van der Waals surface area contributed by atoms with Gasteiger partial charge in [-0.1, -0.05) is 60.7 Å². The molecular weight excluding hydrogens is 476 g/mol. The molecular formula is C23H21BrN4O2S. The van der Waals surface area contributed by atoms with Gasteiger partial charge in [0.15, 0.2) is 17.3 Å². The molecule has 4 aromatic rings. The minimum atomic E-state index is 0.456. The van der Waals surface area contributed by atoms with Gasteiger partial charge in [-0.05, 0) is 51.4 Å². The number of rotatable bonds is 8. The fraction of sp³-hybridized carbons (Fsp3) is 0.130. The van der Waals surface area contributed by atoms with E-state index in [1.165, 1.54) is 0 Å². The minimum absolute atomic E-state index is 0.456. The van der Waals surface area contributed by atoms with Crippen LogP contribution in [0.4, 0.5) is 0 Å². The molecule has 0 fully saturated rings. The molecule has 0 saturated heterocycles. The summed E-state index contributed by atoms with van der Waals surface area (Å²) in [6, 6.07) is 23.8. The SMILES string of the molecule is COc1cc(CNn2c(-c3ccccc3)n[nH]c2=S)cc(Br)c1OCc1ccccc1. The number of halogens is 1. The van der Waals surface area contributed by atoms with Crippen LogP contribution >= 0.6 is 28.1 Å². The molecule has 0 unspecified atom stereocenters. The molecule has 0 aliphatic carbocycles. The first kappa shape index (κ1) is 21.1. The number of ether oxygens (including phenoxy) is 2. The first-order valence-corrected chi connectivity index (χ1v) is 10.9. The number of hydrogen-bond donors (Lipinski definition) is 2. The molecule has 2 N–H and O–H groups in total. The molecule has 0 radical (unpaired) electrons. The topological polar surface area (TPSA) is 64.1 Å². The van der Waals surface area contributed by atoms with Gasteiger partial charge in [0.25, 0.3) is 0 Å². The molecule has 6 nitrogen and oxygen atoms in total. The summed E-state index contributed by atoms with van der Waals surface area (Å²) in [6.07, 6.45) is 0. The van der Waals surface area contributed by atoms with Crippen molar-refractivity contribution in [3.8, 4) is 22.9 Å². The second-order valence-electron chi connectivity index (χ2n) is 6.77. The van der Waals surface area contributed by atoms with Crippen molar-refractivity contribution in [2.45, 2.75) is 13.2 Å². The Morgan fingerprint density at radius 3 is 2.45 bits per heavy atom. The fourth-order valence-corrected chi connectivity index (χ4v) is 3.94. The maximum absolute atomic E-state index is 6.02. The van der Waals surface area contributed by atoms with E-state index in [1.54, 1.807) is 11.8 Å². The molecule has 0 aliphatic heterocycles. The summed E-state index contributed by atoms with van der Waals surface area (Å²) in [6.45, 7) is 0.972. The van der Waals surface area contributed by atoms with Gasteiger partial charge >= 0.3 is 0 Å². The van der Waals surface area contributed by atoms with Crippen molar-refractivity contribution in [1.82, 2.24) is 14.9 Å². The highest BCUT2D eigenvalue weighted by Crippen LogP contribution is 2.37. The Labute approximate surface area is 193 Å². The monoisotopic (exact) mass is 496 g/mol. The number of benzene rings is 3. The molecule has 3 aromatic carbocycles. The van der Waals surface area contributed by atoms with Crippen molar-refractivity contribution in [3.05, 3.63) is 93.2 Å². The average Bonchev–Trinajstić information content (AvgIpc) is 3.18. The van der Waals surface area contributed by atoms with E-state index in [2.05, 4.69) is 31.6 Å². The number of H-pyrrole nitrogens is 1. The third kappa shape index (κ3) is 4.98. The van der Waals surface area contributed by atoms with Gasteiger partial charge in [0, 0.05) is 5.56 Å². The molecule has 4 rings (SSSR count). The van der Waals surface area contributed by atoms with Crippen LogP contribution in [0.2, 0.25) is 0 Å². The lowest BCUT2D eigenvalue weighted by Gasteiger charge is -2.16. The van der Waals surface area contributed by atoms with Crippen molar-refractivity contribution < 1.29 is 9.47 Å². The van der Waals surface area contributed by atoms with Crippen LogP contribution in [-0.4, -0.2) is 22.0 Å². The van der Waals surface area contributed by atoms with E-state index in [0.29, 0.717) is 29.4 Å². The van der Waals surface area contributed by atoms with Gasteiger partial charge in [-0.25, -0.2) is 9.77 Å². The largest absolute Gasteiger partial charge is 0.493 e. The lowest BCUT2D eigenvalue weighted by atomic mass is 10.2. The molecule has 8 heteroatoms. The fourth-order valence-electron chi connectivity index (χ4n) is 3.14. The van der Waals surface area contributed by atoms with E-state index in [9.17, 15) is 0 Å². The van der Waals surface area contributed by atoms with Gasteiger partial charge in [0.05, 0.1) is 18.1 Å². The zero-order chi connectivity index (χ0) is 21.6. The van der Waals surface area contributed by atoms with Crippen LogP contribution in [0.5, 0.6) is 11.5 Å². The van der Waals surface area contributed by atoms with E-state index >= 15 is 0 Å². The van der Waals surface area contributed by atoms with Crippen molar-refractivity contribution in [2.24, 2.45) is 0 Å². The van der Waals surface area contributed by atoms with Gasteiger partial charge in [0.1, 0.15) is 6.61 Å². The molecule has 0 atom stereocenters. The molecule has 158 valence electrons. The van der Waals surface area contributed by atoms with Crippen LogP contribution in [-0.2, 0) is 13.2 Å². The van der Waals surface area contributed by atoms with E-state index in [1.807, 2.05) is 72.8 Å². The van der Waals surface area contributed by atoms with Gasteiger partial charge < -0.3 is 14.9 Å². The van der Waals surface area contributed by atoms with Gasteiger partial charge in [0.2, 0.25) is 4.77 Å². The van der Waals surface area contributed by atoms with Gasteiger partial charge in [-0.3, -0.25) is 0 Å². The maximum Gasteiger partial charge on any atom is 0.214 e. The molecule has 0 bridgehead atoms. The Bertz CT molecular complexity index is 1210. The van der Waals surface area contributed by atoms with Crippen LogP contribution in [0.25, 0.3) is 11.4 Å². The summed E-state index contributed by atoms with van der Waals surface area (Å²) in [5.41, 5.74) is 6.38. The first-order chi connectivity index (χ1) is 15.2. The molecule has 0 aliphatic rings. The van der Waals surface area contributed by atoms with Crippen LogP contribution in [0.1, 0.15) is 11.1 Å². The first-order valence-electron chi connectivity index (χ1n) is 9.65. The Hall–Kier alpha value is -3.10. The highest BCUT2D eigenvalue weighted by molar-refractivity contribution is 9.10. The van der Waals surface area contributed by atoms with E-state index in [4.69, 9.17) is 21.7 Å². The number of methoxy groups -OCH3 is 1. The van der Waals surface area contributed by atoms with E-state index in [-0.39, 0.29) is 0 Å². The smallest absolute Gasteiger partial charge is 0.214 e. The summed E-state index contributed by atoms with van der Waals surface area (Å²) in [5.74, 6) is 2.04. The van der Waals surface area contributed by atoms with Gasteiger partial charge in [-0.2, -0.15) is 5.10 Å². The number of nitrogens with one attached hydrogen (secondary N) is 2. The normalized spacial score (nSPS) is 10.6. The van der Waals surface area contributed by atoms with Crippen LogP contribution in [0.15, 0.2) is 77.3 Å². The predicted molar refractivity (Wildman–Crippen MR) is 127 cm³/mol. The number of nitrogens with zero attached hydrogens (tertiary/aromatic N) is 2. The summed E-state index contributed by atoms with van der Waals surface area (Å²) in [5, 5.41) is 7.19. The quantitative estimate of drug-likeness (QED) is 0.306. The summed E-state index contributed by atoms with van der Waals surface area (Å²) < 4.78 is 14.7. The second-order valence-corrected chi connectivity index (χ2v) is 8.01. The maximum atomic E-state index is 6.02. The molecule has 1 aromatic heterocycles. The molecule has 1 heterocycles. The Balaban J connectivity index is 1.52. The third-order valence-corrected chi connectivity index (χ3v) is 5.52. The van der Waals surface area contributed by atoms with Gasteiger partial charge in [-0.15, -0.1) is 0 Å². The highest BCUT2D eigenvalue weighted by atomic mass is 79.9. The van der Waals surface area contributed by atoms with E-state index in [0.717, 1.165) is 27.0 Å². The number of aromatic amines is 1. The minimum Gasteiger partial charge on any atom is -0.493 e. The summed E-state index contributed by atoms with van der Waals surface area (Å²) >= 11 is 9.01. The number of hydrogen-bond acceptors (Lipinski definition) is 5. The van der Waals surface area contributed by atoms with Crippen molar-refractivity contribution in [3.63, 3.8) is 0 Å². The van der Waals surface area contributed by atoms with Crippen molar-refractivity contribution in [2.75, 3.05) is 12.5 Å². The standard InChI is InChI=1S/C23H21BrN4O2S/c1-29-20-13-17(12-19(24)21(20)30-15-16-8-4-2-5-9-16)14-25-28-22(26-27-23(28)31)18-10-6-3-7-11-18/h2-13,25H,14-15H2,1H3,(H,27,31). The lowest BCUT2D eigenvalue weighted by molar-refractivity contribution is 0.282. The molecule has 0 amide bonds. The highest BCUT2D eigenvalue weighted by Gasteiger charge is 2.13. The lowest BCUT2D eigenvalue weighted by Crippen LogP contribution is -2.16. The predicted octanol–water partition coefficient (Wildman–Crippen LogP) is 5.70. The summed E-state index contributed by atoms with van der Waals surface area (Å²) in [7, 11) is 1.63. The Kier molecular flexibility index (Phi) is 6.69. The molecule has 31 heavy (non-hydrogen) atoms. The van der Waals surface area contributed by atoms with Crippen LogP contribution < -0.4 is 14.9 Å².